The van der Waals surface area contributed by atoms with E-state index in [2.05, 4.69) is 16.0 Å². The molecule has 1 aliphatic rings. The Kier molecular flexibility index (Phi) is 5.24. The van der Waals surface area contributed by atoms with Crippen LogP contribution in [0.5, 0.6) is 0 Å². The predicted molar refractivity (Wildman–Crippen MR) is 63.2 cm³/mol. The Morgan fingerprint density at radius 2 is 2.16 bits per heavy atom. The molecule has 4 N–H and O–H groups in total. The number of hydrogen-bond donors (Lipinski definition) is 4. The minimum absolute atomic E-state index is 0.210. The van der Waals surface area contributed by atoms with Gasteiger partial charge in [0.1, 0.15) is 6.04 Å². The standard InChI is InChI=1S/C10H16N4O5/c1-11-10(19)13-7(15)5-14-3-2-12-9(18)6(14)4-8(16)17/h6H,2-5H2,1H3,(H,12,18)(H,16,17)(H2,11,13,15,19). The van der Waals surface area contributed by atoms with Gasteiger partial charge in [-0.3, -0.25) is 24.6 Å². The number of piperazine rings is 1. The van der Waals surface area contributed by atoms with E-state index in [0.29, 0.717) is 13.1 Å². The van der Waals surface area contributed by atoms with Crippen LogP contribution in [0, 0.1) is 0 Å². The van der Waals surface area contributed by atoms with E-state index in [1.54, 1.807) is 0 Å². The van der Waals surface area contributed by atoms with Crippen LogP contribution in [0.3, 0.4) is 0 Å². The van der Waals surface area contributed by atoms with E-state index in [-0.39, 0.29) is 13.0 Å². The van der Waals surface area contributed by atoms with Crippen molar-refractivity contribution in [1.29, 1.82) is 0 Å². The molecule has 9 heteroatoms. The van der Waals surface area contributed by atoms with Crippen molar-refractivity contribution in [2.75, 3.05) is 26.7 Å². The molecule has 0 aliphatic carbocycles. The van der Waals surface area contributed by atoms with Gasteiger partial charge in [0.2, 0.25) is 11.8 Å². The number of rotatable bonds is 4. The number of carbonyl (C=O) groups is 4. The third kappa shape index (κ3) is 4.54. The summed E-state index contributed by atoms with van der Waals surface area (Å²) in [6, 6.07) is -1.55. The van der Waals surface area contributed by atoms with Crippen molar-refractivity contribution in [2.45, 2.75) is 12.5 Å². The third-order valence-electron chi connectivity index (χ3n) is 2.64. The van der Waals surface area contributed by atoms with Gasteiger partial charge in [-0.1, -0.05) is 0 Å². The number of carboxylic acids is 1. The Labute approximate surface area is 109 Å². The quantitative estimate of drug-likeness (QED) is 0.456. The summed E-state index contributed by atoms with van der Waals surface area (Å²) in [7, 11) is 1.37. The van der Waals surface area contributed by atoms with Crippen LogP contribution in [0.25, 0.3) is 0 Å². The maximum atomic E-state index is 11.6. The summed E-state index contributed by atoms with van der Waals surface area (Å²) in [5, 5.41) is 15.6. The highest BCUT2D eigenvalue weighted by Gasteiger charge is 2.32. The second kappa shape index (κ2) is 6.69. The Morgan fingerprint density at radius 1 is 1.47 bits per heavy atom. The van der Waals surface area contributed by atoms with Crippen LogP contribution in [0.2, 0.25) is 0 Å². The minimum atomic E-state index is -1.13. The van der Waals surface area contributed by atoms with Crippen molar-refractivity contribution < 1.29 is 24.3 Å². The molecule has 19 heavy (non-hydrogen) atoms. The van der Waals surface area contributed by atoms with Crippen molar-refractivity contribution in [1.82, 2.24) is 20.9 Å². The van der Waals surface area contributed by atoms with Crippen LogP contribution in [-0.2, 0) is 14.4 Å². The molecule has 1 unspecified atom stereocenters. The topological polar surface area (TPSA) is 128 Å². The average molecular weight is 272 g/mol. The lowest BCUT2D eigenvalue weighted by molar-refractivity contribution is -0.144. The van der Waals surface area contributed by atoms with E-state index < -0.39 is 29.9 Å². The summed E-state index contributed by atoms with van der Waals surface area (Å²) >= 11 is 0. The molecule has 0 radical (unpaired) electrons. The molecule has 1 saturated heterocycles. The van der Waals surface area contributed by atoms with Crippen LogP contribution in [0.15, 0.2) is 0 Å². The summed E-state index contributed by atoms with van der Waals surface area (Å²) < 4.78 is 0. The van der Waals surface area contributed by atoms with Gasteiger partial charge in [0.25, 0.3) is 0 Å². The summed E-state index contributed by atoms with van der Waals surface area (Å²) in [6.45, 7) is 0.478. The van der Waals surface area contributed by atoms with Crippen molar-refractivity contribution in [3.63, 3.8) is 0 Å². The molecule has 1 atom stereocenters. The van der Waals surface area contributed by atoms with Gasteiger partial charge in [-0.2, -0.15) is 0 Å². The molecule has 4 amide bonds. The first kappa shape index (κ1) is 14.9. The average Bonchev–Trinajstić information content (AvgIpc) is 2.33. The van der Waals surface area contributed by atoms with Crippen LogP contribution >= 0.6 is 0 Å². The SMILES string of the molecule is CNC(=O)NC(=O)CN1CCNC(=O)C1CC(=O)O. The molecule has 106 valence electrons. The third-order valence-corrected chi connectivity index (χ3v) is 2.64. The monoisotopic (exact) mass is 272 g/mol. The van der Waals surface area contributed by atoms with Crippen LogP contribution in [0.4, 0.5) is 4.79 Å². The van der Waals surface area contributed by atoms with Gasteiger partial charge in [0, 0.05) is 20.1 Å². The lowest BCUT2D eigenvalue weighted by atomic mass is 10.1. The molecular formula is C10H16N4O5. The van der Waals surface area contributed by atoms with Crippen LogP contribution in [-0.4, -0.2) is 66.5 Å². The van der Waals surface area contributed by atoms with Crippen molar-refractivity contribution in [2.24, 2.45) is 0 Å². The Morgan fingerprint density at radius 3 is 2.74 bits per heavy atom. The molecule has 1 fully saturated rings. The highest BCUT2D eigenvalue weighted by atomic mass is 16.4. The fourth-order valence-electron chi connectivity index (χ4n) is 1.75. The normalized spacial score (nSPS) is 19.4. The number of carboxylic acid groups (broad SMARTS) is 1. The molecule has 0 spiro atoms. The highest BCUT2D eigenvalue weighted by Crippen LogP contribution is 2.08. The molecule has 9 nitrogen and oxygen atoms in total. The Hall–Kier alpha value is -2.16. The number of amides is 4. The van der Waals surface area contributed by atoms with Gasteiger partial charge >= 0.3 is 12.0 Å². The molecule has 0 aromatic rings. The first-order chi connectivity index (χ1) is 8.93. The van der Waals surface area contributed by atoms with Gasteiger partial charge in [0.15, 0.2) is 0 Å². The minimum Gasteiger partial charge on any atom is -0.481 e. The number of nitrogens with zero attached hydrogens (tertiary/aromatic N) is 1. The number of imide groups is 1. The zero-order valence-corrected chi connectivity index (χ0v) is 10.4. The van der Waals surface area contributed by atoms with E-state index in [9.17, 15) is 19.2 Å². The number of nitrogens with one attached hydrogen (secondary N) is 3. The fourth-order valence-corrected chi connectivity index (χ4v) is 1.75. The second-order valence-electron chi connectivity index (χ2n) is 4.00. The number of carbonyl (C=O) groups excluding carboxylic acids is 3. The summed E-state index contributed by atoms with van der Waals surface area (Å²) in [4.78, 5) is 46.2. The van der Waals surface area contributed by atoms with Crippen molar-refractivity contribution >= 4 is 23.8 Å². The zero-order chi connectivity index (χ0) is 14.4. The highest BCUT2D eigenvalue weighted by molar-refractivity contribution is 5.95. The van der Waals surface area contributed by atoms with E-state index in [1.165, 1.54) is 11.9 Å². The van der Waals surface area contributed by atoms with Crippen LogP contribution in [0.1, 0.15) is 6.42 Å². The second-order valence-corrected chi connectivity index (χ2v) is 4.00. The molecule has 1 heterocycles. The fraction of sp³-hybridized carbons (Fsp3) is 0.600. The maximum absolute atomic E-state index is 11.6. The van der Waals surface area contributed by atoms with Gasteiger partial charge in [-0.15, -0.1) is 0 Å². The van der Waals surface area contributed by atoms with Gasteiger partial charge < -0.3 is 15.7 Å². The molecule has 0 aromatic carbocycles. The lowest BCUT2D eigenvalue weighted by Gasteiger charge is -2.33. The lowest BCUT2D eigenvalue weighted by Crippen LogP contribution is -2.58. The number of hydrogen-bond acceptors (Lipinski definition) is 5. The van der Waals surface area contributed by atoms with Gasteiger partial charge in [-0.25, -0.2) is 4.79 Å². The molecule has 1 aliphatic heterocycles. The summed E-state index contributed by atoms with van der Waals surface area (Å²) in [5.74, 6) is -2.15. The van der Waals surface area contributed by atoms with Gasteiger partial charge in [0.05, 0.1) is 13.0 Å². The van der Waals surface area contributed by atoms with Gasteiger partial charge in [-0.05, 0) is 0 Å². The summed E-state index contributed by atoms with van der Waals surface area (Å²) in [6.07, 6.45) is -0.390. The Bertz CT molecular complexity index is 397. The smallest absolute Gasteiger partial charge is 0.321 e. The largest absolute Gasteiger partial charge is 0.481 e. The zero-order valence-electron chi connectivity index (χ0n) is 10.4. The predicted octanol–water partition coefficient (Wildman–Crippen LogP) is -2.28. The van der Waals surface area contributed by atoms with Crippen molar-refractivity contribution in [3.05, 3.63) is 0 Å². The first-order valence-corrected chi connectivity index (χ1v) is 5.69. The number of aliphatic carboxylic acids is 1. The van der Waals surface area contributed by atoms with Crippen molar-refractivity contribution in [3.8, 4) is 0 Å². The maximum Gasteiger partial charge on any atom is 0.321 e. The molecule has 0 saturated carbocycles. The van der Waals surface area contributed by atoms with E-state index in [4.69, 9.17) is 5.11 Å². The molecule has 0 bridgehead atoms. The Balaban J connectivity index is 2.62. The first-order valence-electron chi connectivity index (χ1n) is 5.69. The summed E-state index contributed by atoms with van der Waals surface area (Å²) in [5.41, 5.74) is 0. The van der Waals surface area contributed by atoms with E-state index in [0.717, 1.165) is 0 Å². The number of urea groups is 1. The molecule has 1 rings (SSSR count). The van der Waals surface area contributed by atoms with E-state index >= 15 is 0 Å². The van der Waals surface area contributed by atoms with E-state index in [1.807, 2.05) is 0 Å². The molecular weight excluding hydrogens is 256 g/mol. The van der Waals surface area contributed by atoms with Crippen LogP contribution < -0.4 is 16.0 Å². The molecule has 0 aromatic heterocycles.